The first-order valence-corrected chi connectivity index (χ1v) is 6.32. The lowest BCUT2D eigenvalue weighted by Crippen LogP contribution is -2.29. The van der Waals surface area contributed by atoms with Gasteiger partial charge in [0.05, 0.1) is 16.8 Å². The van der Waals surface area contributed by atoms with E-state index in [4.69, 9.17) is 16.3 Å². The number of halogens is 2. The van der Waals surface area contributed by atoms with Crippen LogP contribution >= 0.6 is 11.6 Å². The second-order valence-corrected chi connectivity index (χ2v) is 4.86. The lowest BCUT2D eigenvalue weighted by Gasteiger charge is -2.29. The molecule has 1 aliphatic carbocycles. The number of methoxy groups -OCH3 is 1. The molecule has 1 N–H and O–H groups in total. The van der Waals surface area contributed by atoms with Crippen molar-refractivity contribution < 1.29 is 9.13 Å². The summed E-state index contributed by atoms with van der Waals surface area (Å²) in [6.07, 6.45) is 4.36. The van der Waals surface area contributed by atoms with Gasteiger partial charge in [0.15, 0.2) is 0 Å². The third kappa shape index (κ3) is 3.11. The van der Waals surface area contributed by atoms with Gasteiger partial charge in [-0.15, -0.1) is 0 Å². The van der Waals surface area contributed by atoms with Crippen LogP contribution in [-0.2, 0) is 4.74 Å². The molecule has 4 heteroatoms. The Morgan fingerprint density at radius 3 is 2.59 bits per heavy atom. The van der Waals surface area contributed by atoms with Crippen LogP contribution in [-0.4, -0.2) is 19.3 Å². The highest BCUT2D eigenvalue weighted by atomic mass is 35.5. The van der Waals surface area contributed by atoms with Crippen LogP contribution in [0.1, 0.15) is 25.7 Å². The molecule has 0 unspecified atom stereocenters. The third-order valence-electron chi connectivity index (χ3n) is 3.32. The molecular formula is C13H17ClFNO. The van der Waals surface area contributed by atoms with E-state index in [2.05, 4.69) is 5.32 Å². The van der Waals surface area contributed by atoms with Gasteiger partial charge in [0.2, 0.25) is 0 Å². The average molecular weight is 258 g/mol. The molecule has 17 heavy (non-hydrogen) atoms. The second-order valence-electron chi connectivity index (χ2n) is 4.45. The standard InChI is InChI=1S/C13H17ClFNO/c1-17-10-7-5-9(6-8-10)16-13-11(14)3-2-4-12(13)15/h2-4,9-10,16H,5-8H2,1H3. The van der Waals surface area contributed by atoms with Gasteiger partial charge >= 0.3 is 0 Å². The summed E-state index contributed by atoms with van der Waals surface area (Å²) in [5.41, 5.74) is 0.426. The van der Waals surface area contributed by atoms with Crippen molar-refractivity contribution in [3.63, 3.8) is 0 Å². The van der Waals surface area contributed by atoms with Gasteiger partial charge in [0.25, 0.3) is 0 Å². The lowest BCUT2D eigenvalue weighted by molar-refractivity contribution is 0.0681. The van der Waals surface area contributed by atoms with Gasteiger partial charge < -0.3 is 10.1 Å². The monoisotopic (exact) mass is 257 g/mol. The van der Waals surface area contributed by atoms with Gasteiger partial charge in [0.1, 0.15) is 5.82 Å². The zero-order chi connectivity index (χ0) is 12.3. The van der Waals surface area contributed by atoms with Gasteiger partial charge in [-0.25, -0.2) is 4.39 Å². The van der Waals surface area contributed by atoms with E-state index in [1.54, 1.807) is 19.2 Å². The van der Waals surface area contributed by atoms with Crippen LogP contribution in [0, 0.1) is 5.82 Å². The average Bonchev–Trinajstić information content (AvgIpc) is 2.35. The van der Waals surface area contributed by atoms with E-state index in [1.165, 1.54) is 6.07 Å². The van der Waals surface area contributed by atoms with Crippen molar-refractivity contribution in [2.75, 3.05) is 12.4 Å². The summed E-state index contributed by atoms with van der Waals surface area (Å²) >= 11 is 5.98. The van der Waals surface area contributed by atoms with E-state index in [9.17, 15) is 4.39 Å². The number of rotatable bonds is 3. The molecule has 0 aromatic heterocycles. The number of nitrogens with one attached hydrogen (secondary N) is 1. The van der Waals surface area contributed by atoms with Crippen molar-refractivity contribution in [3.8, 4) is 0 Å². The Morgan fingerprint density at radius 1 is 1.29 bits per heavy atom. The molecule has 0 heterocycles. The van der Waals surface area contributed by atoms with Crippen molar-refractivity contribution in [2.24, 2.45) is 0 Å². The highest BCUT2D eigenvalue weighted by molar-refractivity contribution is 6.33. The smallest absolute Gasteiger partial charge is 0.147 e. The topological polar surface area (TPSA) is 21.3 Å². The predicted octanol–water partition coefficient (Wildman–Crippen LogP) is 3.85. The van der Waals surface area contributed by atoms with Gasteiger partial charge in [-0.2, -0.15) is 0 Å². The van der Waals surface area contributed by atoms with E-state index < -0.39 is 0 Å². The molecule has 94 valence electrons. The first-order chi connectivity index (χ1) is 8.20. The van der Waals surface area contributed by atoms with Gasteiger partial charge in [0, 0.05) is 13.2 Å². The Bertz CT molecular complexity index is 357. The Kier molecular flexibility index (Phi) is 4.24. The maximum Gasteiger partial charge on any atom is 0.147 e. The number of hydrogen-bond acceptors (Lipinski definition) is 2. The highest BCUT2D eigenvalue weighted by Crippen LogP contribution is 2.29. The molecule has 0 bridgehead atoms. The van der Waals surface area contributed by atoms with E-state index >= 15 is 0 Å². The molecule has 1 aliphatic rings. The molecular weight excluding hydrogens is 241 g/mol. The zero-order valence-electron chi connectivity index (χ0n) is 9.88. The molecule has 0 atom stereocenters. The Labute approximate surface area is 106 Å². The van der Waals surface area contributed by atoms with Crippen molar-refractivity contribution in [1.29, 1.82) is 0 Å². The number of benzene rings is 1. The predicted molar refractivity (Wildman–Crippen MR) is 68.1 cm³/mol. The molecule has 0 spiro atoms. The molecule has 1 fully saturated rings. The number of para-hydroxylation sites is 1. The largest absolute Gasteiger partial charge is 0.381 e. The quantitative estimate of drug-likeness (QED) is 0.888. The summed E-state index contributed by atoms with van der Waals surface area (Å²) in [6, 6.07) is 5.03. The minimum absolute atomic E-state index is 0.286. The van der Waals surface area contributed by atoms with E-state index in [0.29, 0.717) is 16.8 Å². The molecule has 0 amide bonds. The van der Waals surface area contributed by atoms with Crippen molar-refractivity contribution in [3.05, 3.63) is 29.0 Å². The summed E-state index contributed by atoms with van der Waals surface area (Å²) < 4.78 is 18.9. The van der Waals surface area contributed by atoms with Crippen LogP contribution in [0.25, 0.3) is 0 Å². The second kappa shape index (κ2) is 5.69. The first-order valence-electron chi connectivity index (χ1n) is 5.94. The highest BCUT2D eigenvalue weighted by Gasteiger charge is 2.21. The molecule has 1 aromatic carbocycles. The lowest BCUT2D eigenvalue weighted by atomic mass is 9.93. The Balaban J connectivity index is 1.98. The summed E-state index contributed by atoms with van der Waals surface area (Å²) in [5, 5.41) is 3.64. The van der Waals surface area contributed by atoms with E-state index in [-0.39, 0.29) is 11.9 Å². The van der Waals surface area contributed by atoms with Crippen LogP contribution in [0.4, 0.5) is 10.1 Å². The van der Waals surface area contributed by atoms with Crippen LogP contribution in [0.2, 0.25) is 5.02 Å². The zero-order valence-corrected chi connectivity index (χ0v) is 10.6. The fourth-order valence-corrected chi connectivity index (χ4v) is 2.50. The van der Waals surface area contributed by atoms with Crippen LogP contribution in [0.3, 0.4) is 0 Å². The minimum atomic E-state index is -0.286. The summed E-state index contributed by atoms with van der Waals surface area (Å²) in [7, 11) is 1.74. The summed E-state index contributed by atoms with van der Waals surface area (Å²) in [4.78, 5) is 0. The summed E-state index contributed by atoms with van der Waals surface area (Å²) in [6.45, 7) is 0. The number of hydrogen-bond donors (Lipinski definition) is 1. The van der Waals surface area contributed by atoms with Crippen LogP contribution < -0.4 is 5.32 Å². The molecule has 1 saturated carbocycles. The van der Waals surface area contributed by atoms with Crippen molar-refractivity contribution in [2.45, 2.75) is 37.8 Å². The van der Waals surface area contributed by atoms with Gasteiger partial charge in [-0.1, -0.05) is 17.7 Å². The van der Waals surface area contributed by atoms with Gasteiger partial charge in [-0.3, -0.25) is 0 Å². The van der Waals surface area contributed by atoms with Crippen LogP contribution in [0.15, 0.2) is 18.2 Å². The minimum Gasteiger partial charge on any atom is -0.381 e. The van der Waals surface area contributed by atoms with E-state index in [1.807, 2.05) is 0 Å². The first kappa shape index (κ1) is 12.7. The molecule has 0 aliphatic heterocycles. The maximum absolute atomic E-state index is 13.6. The molecule has 2 nitrogen and oxygen atoms in total. The van der Waals surface area contributed by atoms with Crippen LogP contribution in [0.5, 0.6) is 0 Å². The third-order valence-corrected chi connectivity index (χ3v) is 3.63. The molecule has 1 aromatic rings. The maximum atomic E-state index is 13.6. The van der Waals surface area contributed by atoms with Crippen molar-refractivity contribution in [1.82, 2.24) is 0 Å². The Morgan fingerprint density at radius 2 is 2.00 bits per heavy atom. The fraction of sp³-hybridized carbons (Fsp3) is 0.538. The van der Waals surface area contributed by atoms with E-state index in [0.717, 1.165) is 25.7 Å². The fourth-order valence-electron chi connectivity index (χ4n) is 2.28. The summed E-state index contributed by atoms with van der Waals surface area (Å²) in [5.74, 6) is -0.286. The number of ether oxygens (including phenoxy) is 1. The Hall–Kier alpha value is -0.800. The SMILES string of the molecule is COC1CCC(Nc2c(F)cccc2Cl)CC1. The number of anilines is 1. The van der Waals surface area contributed by atoms with Gasteiger partial charge in [-0.05, 0) is 37.8 Å². The van der Waals surface area contributed by atoms with Crippen molar-refractivity contribution >= 4 is 17.3 Å². The molecule has 0 radical (unpaired) electrons. The normalized spacial score (nSPS) is 24.6. The molecule has 2 rings (SSSR count). The molecule has 0 saturated heterocycles.